The summed E-state index contributed by atoms with van der Waals surface area (Å²) in [6, 6.07) is 12.6. The summed E-state index contributed by atoms with van der Waals surface area (Å²) < 4.78 is 5.91. The van der Waals surface area contributed by atoms with Gasteiger partial charge in [-0.05, 0) is 35.7 Å². The van der Waals surface area contributed by atoms with Crippen molar-refractivity contribution >= 4 is 33.3 Å². The van der Waals surface area contributed by atoms with E-state index in [1.54, 1.807) is 48.5 Å². The monoisotopic (exact) mass is 433 g/mol. The van der Waals surface area contributed by atoms with Gasteiger partial charge in [-0.25, -0.2) is 0 Å². The first-order valence-electron chi connectivity index (χ1n) is 9.94. The first kappa shape index (κ1) is 19.4. The van der Waals surface area contributed by atoms with Crippen LogP contribution in [-0.2, 0) is 6.42 Å². The fourth-order valence-electron chi connectivity index (χ4n) is 3.90. The fourth-order valence-corrected chi connectivity index (χ4v) is 4.98. The van der Waals surface area contributed by atoms with E-state index >= 15 is 0 Å². The zero-order chi connectivity index (χ0) is 21.7. The number of phenolic OH excluding ortho intramolecular Hbond substituents is 1. The molecule has 1 amide bonds. The predicted octanol–water partition coefficient (Wildman–Crippen LogP) is 4.30. The minimum Gasteiger partial charge on any atom is -0.508 e. The molecule has 0 spiro atoms. The SMILES string of the molecule is CC(C)Cc1nnc(N2C(=O)c3oc4ccccc4c(=O)c3[C@@H]2c2cccc(O)c2)s1. The highest BCUT2D eigenvalue weighted by Gasteiger charge is 2.45. The molecule has 0 fully saturated rings. The Labute approximate surface area is 181 Å². The molecule has 0 saturated carbocycles. The minimum atomic E-state index is -0.768. The molecule has 31 heavy (non-hydrogen) atoms. The highest BCUT2D eigenvalue weighted by atomic mass is 32.1. The van der Waals surface area contributed by atoms with E-state index in [-0.39, 0.29) is 22.5 Å². The second kappa shape index (κ2) is 7.31. The summed E-state index contributed by atoms with van der Waals surface area (Å²) in [5.74, 6) is -0.0138. The lowest BCUT2D eigenvalue weighted by Crippen LogP contribution is -2.29. The molecule has 0 saturated heterocycles. The van der Waals surface area contributed by atoms with Gasteiger partial charge in [0.2, 0.25) is 10.9 Å². The van der Waals surface area contributed by atoms with E-state index in [1.165, 1.54) is 16.2 Å². The molecule has 0 unspecified atom stereocenters. The van der Waals surface area contributed by atoms with E-state index in [1.807, 2.05) is 0 Å². The van der Waals surface area contributed by atoms with Crippen LogP contribution in [0.15, 0.2) is 57.7 Å². The standard InChI is InChI=1S/C23H19N3O4S/c1-12(2)10-17-24-25-23(31-17)26-19(13-6-5-7-14(27)11-13)18-20(28)15-8-3-4-9-16(15)30-21(18)22(26)29/h3-9,11-12,19,27H,10H2,1-2H3/t19-/m0/s1. The van der Waals surface area contributed by atoms with Gasteiger partial charge in [0.05, 0.1) is 17.0 Å². The number of nitrogens with zero attached hydrogens (tertiary/aromatic N) is 3. The number of benzene rings is 2. The number of phenols is 1. The van der Waals surface area contributed by atoms with E-state index in [2.05, 4.69) is 24.0 Å². The number of hydrogen-bond acceptors (Lipinski definition) is 7. The number of hydrogen-bond donors (Lipinski definition) is 1. The van der Waals surface area contributed by atoms with Crippen molar-refractivity contribution in [2.45, 2.75) is 26.3 Å². The third kappa shape index (κ3) is 3.19. The normalized spacial score (nSPS) is 15.8. The van der Waals surface area contributed by atoms with Gasteiger partial charge < -0.3 is 9.52 Å². The summed E-state index contributed by atoms with van der Waals surface area (Å²) in [7, 11) is 0. The van der Waals surface area contributed by atoms with Crippen LogP contribution in [-0.4, -0.2) is 21.2 Å². The van der Waals surface area contributed by atoms with Gasteiger partial charge in [-0.15, -0.1) is 10.2 Å². The lowest BCUT2D eigenvalue weighted by molar-refractivity contribution is 0.0970. The number of aromatic hydroxyl groups is 1. The summed E-state index contributed by atoms with van der Waals surface area (Å²) in [5.41, 5.74) is 0.923. The van der Waals surface area contributed by atoms with Crippen molar-refractivity contribution in [3.05, 3.63) is 80.6 Å². The molecule has 1 aliphatic rings. The van der Waals surface area contributed by atoms with Crippen LogP contribution in [0.25, 0.3) is 11.0 Å². The number of rotatable bonds is 4. The highest BCUT2D eigenvalue weighted by molar-refractivity contribution is 7.15. The summed E-state index contributed by atoms with van der Waals surface area (Å²) in [6.45, 7) is 4.17. The molecule has 0 aliphatic carbocycles. The molecule has 5 rings (SSSR count). The summed E-state index contributed by atoms with van der Waals surface area (Å²) in [4.78, 5) is 28.3. The Morgan fingerprint density at radius 3 is 2.71 bits per heavy atom. The van der Waals surface area contributed by atoms with Crippen LogP contribution in [0.3, 0.4) is 0 Å². The number of anilines is 1. The zero-order valence-corrected chi connectivity index (χ0v) is 17.7. The lowest BCUT2D eigenvalue weighted by Gasteiger charge is -2.22. The van der Waals surface area contributed by atoms with Crippen LogP contribution >= 0.6 is 11.3 Å². The molecule has 156 valence electrons. The van der Waals surface area contributed by atoms with Gasteiger partial charge in [0.1, 0.15) is 16.3 Å². The number of amides is 1. The smallest absolute Gasteiger partial charge is 0.297 e. The molecule has 4 aromatic rings. The van der Waals surface area contributed by atoms with Gasteiger partial charge in [-0.3, -0.25) is 14.5 Å². The maximum absolute atomic E-state index is 13.5. The van der Waals surface area contributed by atoms with Crippen molar-refractivity contribution in [2.24, 2.45) is 5.92 Å². The first-order valence-corrected chi connectivity index (χ1v) is 10.8. The number of carbonyl (C=O) groups excluding carboxylic acids is 1. The van der Waals surface area contributed by atoms with E-state index in [9.17, 15) is 14.7 Å². The first-order chi connectivity index (χ1) is 14.9. The Morgan fingerprint density at radius 1 is 1.13 bits per heavy atom. The van der Waals surface area contributed by atoms with Gasteiger partial charge in [0, 0.05) is 6.42 Å². The van der Waals surface area contributed by atoms with Crippen molar-refractivity contribution in [3.63, 3.8) is 0 Å². The molecule has 2 aromatic heterocycles. The van der Waals surface area contributed by atoms with Crippen molar-refractivity contribution in [2.75, 3.05) is 4.90 Å². The van der Waals surface area contributed by atoms with Gasteiger partial charge in [-0.2, -0.15) is 0 Å². The van der Waals surface area contributed by atoms with Gasteiger partial charge >= 0.3 is 0 Å². The molecule has 8 heteroatoms. The third-order valence-electron chi connectivity index (χ3n) is 5.21. The van der Waals surface area contributed by atoms with Crippen LogP contribution in [0.5, 0.6) is 5.75 Å². The Balaban J connectivity index is 1.74. The van der Waals surface area contributed by atoms with E-state index in [0.717, 1.165) is 11.4 Å². The number of carbonyl (C=O) groups is 1. The Bertz CT molecular complexity index is 1370. The number of para-hydroxylation sites is 1. The molecule has 1 aliphatic heterocycles. The predicted molar refractivity (Wildman–Crippen MR) is 118 cm³/mol. The molecular weight excluding hydrogens is 414 g/mol. The molecule has 1 atom stereocenters. The molecule has 1 N–H and O–H groups in total. The van der Waals surface area contributed by atoms with E-state index in [4.69, 9.17) is 4.42 Å². The molecular formula is C23H19N3O4S. The van der Waals surface area contributed by atoms with Crippen LogP contribution in [0, 0.1) is 5.92 Å². The lowest BCUT2D eigenvalue weighted by atomic mass is 9.98. The second-order valence-corrected chi connectivity index (χ2v) is 8.96. The molecule has 2 aromatic carbocycles. The highest BCUT2D eigenvalue weighted by Crippen LogP contribution is 2.42. The molecule has 0 radical (unpaired) electrons. The van der Waals surface area contributed by atoms with Crippen molar-refractivity contribution in [1.82, 2.24) is 10.2 Å². The van der Waals surface area contributed by atoms with Gasteiger partial charge in [0.15, 0.2) is 5.43 Å². The maximum Gasteiger partial charge on any atom is 0.297 e. The van der Waals surface area contributed by atoms with E-state index in [0.29, 0.717) is 27.6 Å². The maximum atomic E-state index is 13.5. The summed E-state index contributed by atoms with van der Waals surface area (Å²) in [6.07, 6.45) is 0.741. The number of aromatic nitrogens is 2. The van der Waals surface area contributed by atoms with Gasteiger partial charge in [0.25, 0.3) is 5.91 Å². The Morgan fingerprint density at radius 2 is 1.94 bits per heavy atom. The van der Waals surface area contributed by atoms with E-state index < -0.39 is 11.9 Å². The average Bonchev–Trinajstić information content (AvgIpc) is 3.30. The van der Waals surface area contributed by atoms with Crippen LogP contribution in [0.4, 0.5) is 5.13 Å². The van der Waals surface area contributed by atoms with Crippen LogP contribution < -0.4 is 10.3 Å². The van der Waals surface area contributed by atoms with Crippen LogP contribution in [0.1, 0.15) is 46.6 Å². The molecule has 3 heterocycles. The average molecular weight is 433 g/mol. The topological polar surface area (TPSA) is 96.5 Å². The van der Waals surface area contributed by atoms with Crippen LogP contribution in [0.2, 0.25) is 0 Å². The minimum absolute atomic E-state index is 0.00217. The Hall–Kier alpha value is -3.52. The second-order valence-electron chi connectivity index (χ2n) is 7.92. The Kier molecular flexibility index (Phi) is 4.59. The van der Waals surface area contributed by atoms with Crippen molar-refractivity contribution in [3.8, 4) is 5.75 Å². The molecule has 0 bridgehead atoms. The summed E-state index contributed by atoms with van der Waals surface area (Å²) in [5, 5.41) is 20.2. The quantitative estimate of drug-likeness (QED) is 0.515. The molecule has 7 nitrogen and oxygen atoms in total. The van der Waals surface area contributed by atoms with Crippen molar-refractivity contribution < 1.29 is 14.3 Å². The number of fused-ring (bicyclic) bond motifs is 2. The van der Waals surface area contributed by atoms with Gasteiger partial charge in [-0.1, -0.05) is 49.4 Å². The zero-order valence-electron chi connectivity index (χ0n) is 16.9. The largest absolute Gasteiger partial charge is 0.508 e. The fraction of sp³-hybridized carbons (Fsp3) is 0.217. The summed E-state index contributed by atoms with van der Waals surface area (Å²) >= 11 is 1.32. The third-order valence-corrected chi connectivity index (χ3v) is 6.15. The van der Waals surface area contributed by atoms with Crippen molar-refractivity contribution in [1.29, 1.82) is 0 Å².